The van der Waals surface area contributed by atoms with Gasteiger partial charge >= 0.3 is 0 Å². The Hall–Kier alpha value is -1.88. The molecule has 1 aliphatic carbocycles. The molecule has 2 aromatic rings. The van der Waals surface area contributed by atoms with E-state index >= 15 is 0 Å². The van der Waals surface area contributed by atoms with Crippen molar-refractivity contribution in [2.45, 2.75) is 51.5 Å². The molecule has 1 heterocycles. The molecule has 1 aromatic carbocycles. The Bertz CT molecular complexity index is 689. The topological polar surface area (TPSA) is 58.4 Å². The maximum absolute atomic E-state index is 12.2. The minimum atomic E-state index is 0.00347. The van der Waals surface area contributed by atoms with E-state index in [1.165, 1.54) is 32.1 Å². The summed E-state index contributed by atoms with van der Waals surface area (Å²) < 4.78 is 5.29. The van der Waals surface area contributed by atoms with Gasteiger partial charge < -0.3 is 14.7 Å². The van der Waals surface area contributed by atoms with Crippen molar-refractivity contribution in [1.82, 2.24) is 15.4 Å². The van der Waals surface area contributed by atoms with Gasteiger partial charge in [-0.25, -0.2) is 0 Å². The second kappa shape index (κ2) is 7.79. The number of hydrogen-bond acceptors (Lipinski definition) is 4. The molecule has 130 valence electrons. The van der Waals surface area contributed by atoms with Gasteiger partial charge in [0, 0.05) is 24.5 Å². The predicted molar refractivity (Wildman–Crippen MR) is 95.0 cm³/mol. The number of aromatic nitrogens is 1. The Morgan fingerprint density at radius 1 is 1.33 bits per heavy atom. The Morgan fingerprint density at radius 2 is 2.12 bits per heavy atom. The third kappa shape index (κ3) is 4.15. The highest BCUT2D eigenvalue weighted by Gasteiger charge is 2.18. The van der Waals surface area contributed by atoms with E-state index in [0.717, 1.165) is 23.1 Å². The molecule has 1 fully saturated rings. The highest BCUT2D eigenvalue weighted by Crippen LogP contribution is 2.21. The molecule has 0 bridgehead atoms. The van der Waals surface area contributed by atoms with Crippen LogP contribution < -0.4 is 5.32 Å². The third-order valence-electron chi connectivity index (χ3n) is 5.01. The van der Waals surface area contributed by atoms with Crippen LogP contribution in [0.3, 0.4) is 0 Å². The fourth-order valence-electron chi connectivity index (χ4n) is 3.52. The molecule has 1 amide bonds. The number of amides is 1. The zero-order valence-electron chi connectivity index (χ0n) is 14.7. The lowest BCUT2D eigenvalue weighted by molar-refractivity contribution is -0.120. The van der Waals surface area contributed by atoms with Crippen LogP contribution in [0.1, 0.15) is 43.4 Å². The highest BCUT2D eigenvalue weighted by atomic mass is 16.5. The van der Waals surface area contributed by atoms with E-state index in [1.54, 1.807) is 0 Å². The predicted octanol–water partition coefficient (Wildman–Crippen LogP) is 3.06. The average Bonchev–Trinajstić information content (AvgIpc) is 2.97. The Morgan fingerprint density at radius 3 is 2.92 bits per heavy atom. The van der Waals surface area contributed by atoms with Gasteiger partial charge in [0.2, 0.25) is 5.91 Å². The van der Waals surface area contributed by atoms with Gasteiger partial charge in [0.1, 0.15) is 5.69 Å². The zero-order chi connectivity index (χ0) is 16.9. The molecule has 1 aromatic heterocycles. The van der Waals surface area contributed by atoms with Crippen molar-refractivity contribution in [2.75, 3.05) is 20.1 Å². The van der Waals surface area contributed by atoms with Crippen LogP contribution in [0.2, 0.25) is 0 Å². The number of aryl methyl sites for hydroxylation is 1. The second-order valence-corrected chi connectivity index (χ2v) is 6.93. The first kappa shape index (κ1) is 17.0. The Balaban J connectivity index is 1.47. The van der Waals surface area contributed by atoms with Crippen LogP contribution in [0.25, 0.3) is 11.0 Å². The van der Waals surface area contributed by atoms with Crippen molar-refractivity contribution in [2.24, 2.45) is 0 Å². The summed E-state index contributed by atoms with van der Waals surface area (Å²) in [7, 11) is 2.16. The maximum atomic E-state index is 12.2. The molecular weight excluding hydrogens is 302 g/mol. The quantitative estimate of drug-likeness (QED) is 0.885. The van der Waals surface area contributed by atoms with Gasteiger partial charge in [-0.05, 0) is 38.9 Å². The minimum Gasteiger partial charge on any atom is -0.356 e. The molecule has 1 aliphatic rings. The van der Waals surface area contributed by atoms with E-state index in [2.05, 4.69) is 22.4 Å². The normalized spacial score (nSPS) is 16.0. The standard InChI is InChI=1S/C19H27N3O2/c1-14-8-9-18-16(12-14)17(21-24-18)13-19(23)20-10-11-22(2)15-6-4-3-5-7-15/h8-9,12,15H,3-7,10-11,13H2,1-2H3,(H,20,23). The molecule has 0 saturated heterocycles. The summed E-state index contributed by atoms with van der Waals surface area (Å²) in [6.07, 6.45) is 6.87. The molecule has 0 aliphatic heterocycles. The van der Waals surface area contributed by atoms with Gasteiger partial charge in [0.25, 0.3) is 0 Å². The van der Waals surface area contributed by atoms with E-state index in [0.29, 0.717) is 18.3 Å². The number of fused-ring (bicyclic) bond motifs is 1. The van der Waals surface area contributed by atoms with Gasteiger partial charge in [0.05, 0.1) is 6.42 Å². The molecule has 24 heavy (non-hydrogen) atoms. The lowest BCUT2D eigenvalue weighted by Crippen LogP contribution is -2.39. The minimum absolute atomic E-state index is 0.00347. The van der Waals surface area contributed by atoms with E-state index in [1.807, 2.05) is 25.1 Å². The molecule has 0 atom stereocenters. The van der Waals surface area contributed by atoms with Crippen molar-refractivity contribution in [3.63, 3.8) is 0 Å². The monoisotopic (exact) mass is 329 g/mol. The molecule has 1 saturated carbocycles. The Labute approximate surface area is 143 Å². The summed E-state index contributed by atoms with van der Waals surface area (Å²) in [6.45, 7) is 3.60. The van der Waals surface area contributed by atoms with Crippen molar-refractivity contribution in [3.05, 3.63) is 29.5 Å². The fourth-order valence-corrected chi connectivity index (χ4v) is 3.52. The van der Waals surface area contributed by atoms with Crippen LogP contribution in [0.15, 0.2) is 22.7 Å². The first-order chi connectivity index (χ1) is 11.6. The van der Waals surface area contributed by atoms with Gasteiger partial charge in [-0.2, -0.15) is 0 Å². The fraction of sp³-hybridized carbons (Fsp3) is 0.579. The number of rotatable bonds is 6. The van der Waals surface area contributed by atoms with Crippen LogP contribution in [-0.2, 0) is 11.2 Å². The number of likely N-dealkylation sites (N-methyl/N-ethyl adjacent to an activating group) is 1. The van der Waals surface area contributed by atoms with E-state index in [9.17, 15) is 4.79 Å². The molecule has 0 spiro atoms. The number of hydrogen-bond donors (Lipinski definition) is 1. The molecule has 0 radical (unpaired) electrons. The van der Waals surface area contributed by atoms with Crippen LogP contribution in [-0.4, -0.2) is 42.1 Å². The van der Waals surface area contributed by atoms with Crippen molar-refractivity contribution < 1.29 is 9.32 Å². The molecule has 1 N–H and O–H groups in total. The largest absolute Gasteiger partial charge is 0.356 e. The van der Waals surface area contributed by atoms with Crippen LogP contribution in [0.4, 0.5) is 0 Å². The van der Waals surface area contributed by atoms with Crippen molar-refractivity contribution >= 4 is 16.9 Å². The summed E-state index contributed by atoms with van der Waals surface area (Å²) in [5.41, 5.74) is 2.59. The first-order valence-electron chi connectivity index (χ1n) is 8.95. The number of carbonyl (C=O) groups excluding carboxylic acids is 1. The first-order valence-corrected chi connectivity index (χ1v) is 8.95. The number of carbonyl (C=O) groups is 1. The SMILES string of the molecule is Cc1ccc2onc(CC(=O)NCCN(C)C3CCCCC3)c2c1. The van der Waals surface area contributed by atoms with Crippen LogP contribution in [0, 0.1) is 6.92 Å². The van der Waals surface area contributed by atoms with E-state index in [-0.39, 0.29) is 12.3 Å². The maximum Gasteiger partial charge on any atom is 0.226 e. The second-order valence-electron chi connectivity index (χ2n) is 6.93. The van der Waals surface area contributed by atoms with Gasteiger partial charge in [-0.1, -0.05) is 36.0 Å². The molecule has 3 rings (SSSR count). The molecular formula is C19H27N3O2. The molecule has 5 nitrogen and oxygen atoms in total. The van der Waals surface area contributed by atoms with Gasteiger partial charge in [0.15, 0.2) is 5.58 Å². The van der Waals surface area contributed by atoms with Gasteiger partial charge in [-0.15, -0.1) is 0 Å². The highest BCUT2D eigenvalue weighted by molar-refractivity contribution is 5.86. The number of benzene rings is 1. The summed E-state index contributed by atoms with van der Waals surface area (Å²) in [4.78, 5) is 14.6. The smallest absolute Gasteiger partial charge is 0.226 e. The van der Waals surface area contributed by atoms with Gasteiger partial charge in [-0.3, -0.25) is 4.79 Å². The number of nitrogens with one attached hydrogen (secondary N) is 1. The van der Waals surface area contributed by atoms with Crippen molar-refractivity contribution in [1.29, 1.82) is 0 Å². The van der Waals surface area contributed by atoms with Crippen molar-refractivity contribution in [3.8, 4) is 0 Å². The third-order valence-corrected chi connectivity index (χ3v) is 5.01. The summed E-state index contributed by atoms with van der Waals surface area (Å²) in [6, 6.07) is 6.58. The summed E-state index contributed by atoms with van der Waals surface area (Å²) in [5, 5.41) is 7.99. The molecule has 0 unspecified atom stereocenters. The van der Waals surface area contributed by atoms with E-state index < -0.39 is 0 Å². The van der Waals surface area contributed by atoms with E-state index in [4.69, 9.17) is 4.52 Å². The molecule has 5 heteroatoms. The Kier molecular flexibility index (Phi) is 5.51. The average molecular weight is 329 g/mol. The number of nitrogens with zero attached hydrogens (tertiary/aromatic N) is 2. The summed E-state index contributed by atoms with van der Waals surface area (Å²) in [5.74, 6) is 0.00347. The zero-order valence-corrected chi connectivity index (χ0v) is 14.7. The van der Waals surface area contributed by atoms with Crippen LogP contribution >= 0.6 is 0 Å². The lowest BCUT2D eigenvalue weighted by atomic mass is 9.94. The van der Waals surface area contributed by atoms with Crippen LogP contribution in [0.5, 0.6) is 0 Å². The summed E-state index contributed by atoms with van der Waals surface area (Å²) >= 11 is 0. The lowest BCUT2D eigenvalue weighted by Gasteiger charge is -2.31.